The quantitative estimate of drug-likeness (QED) is 0.850. The highest BCUT2D eigenvalue weighted by Gasteiger charge is 2.37. The molecule has 0 spiro atoms. The van der Waals surface area contributed by atoms with Crippen molar-refractivity contribution in [2.45, 2.75) is 25.6 Å². The fourth-order valence-corrected chi connectivity index (χ4v) is 3.05. The minimum Gasteiger partial charge on any atom is -0.373 e. The van der Waals surface area contributed by atoms with Crippen LogP contribution in [0, 0.1) is 0 Å². The van der Waals surface area contributed by atoms with Crippen LogP contribution in [0.25, 0.3) is 0 Å². The first-order valence-electron chi connectivity index (χ1n) is 8.37. The Morgan fingerprint density at radius 3 is 2.48 bits per heavy atom. The van der Waals surface area contributed by atoms with E-state index in [1.807, 2.05) is 6.07 Å². The number of benzene rings is 2. The molecule has 1 atom stereocenters. The number of hydrogen-bond donors (Lipinski definition) is 2. The minimum atomic E-state index is -4.63. The number of carbonyl (C=O) groups is 2. The molecule has 0 bridgehead atoms. The largest absolute Gasteiger partial charge is 0.418 e. The molecule has 142 valence electrons. The van der Waals surface area contributed by atoms with Gasteiger partial charge in [-0.15, -0.1) is 0 Å². The van der Waals surface area contributed by atoms with Crippen LogP contribution in [0.2, 0.25) is 0 Å². The zero-order valence-corrected chi connectivity index (χ0v) is 14.5. The van der Waals surface area contributed by atoms with Crippen molar-refractivity contribution >= 4 is 28.9 Å². The maximum absolute atomic E-state index is 13.4. The van der Waals surface area contributed by atoms with Gasteiger partial charge in [0.1, 0.15) is 6.04 Å². The number of nitrogens with one attached hydrogen (secondary N) is 2. The smallest absolute Gasteiger partial charge is 0.373 e. The number of carbonyl (C=O) groups excluding carboxylic acids is 2. The first-order chi connectivity index (χ1) is 12.8. The molecule has 1 saturated heterocycles. The molecule has 1 unspecified atom stereocenters. The maximum Gasteiger partial charge on any atom is 0.418 e. The molecule has 0 aromatic heterocycles. The third-order valence-electron chi connectivity index (χ3n) is 4.25. The van der Waals surface area contributed by atoms with E-state index in [0.29, 0.717) is 18.7 Å². The van der Waals surface area contributed by atoms with Crippen molar-refractivity contribution in [3.8, 4) is 0 Å². The molecule has 8 heteroatoms. The summed E-state index contributed by atoms with van der Waals surface area (Å²) in [7, 11) is 0. The SMILES string of the molecule is CC(=O)Nc1ccc(NC2CCN(c3ccccc3)C2=O)c(C(F)(F)F)c1. The summed E-state index contributed by atoms with van der Waals surface area (Å²) in [6.07, 6.45) is -4.24. The number of anilines is 3. The molecule has 2 N–H and O–H groups in total. The summed E-state index contributed by atoms with van der Waals surface area (Å²) in [6.45, 7) is 1.64. The van der Waals surface area contributed by atoms with Crippen LogP contribution in [-0.2, 0) is 15.8 Å². The van der Waals surface area contributed by atoms with Gasteiger partial charge in [-0.25, -0.2) is 0 Å². The Bertz CT molecular complexity index is 853. The molecule has 1 heterocycles. The number of para-hydroxylation sites is 1. The summed E-state index contributed by atoms with van der Waals surface area (Å²) in [5.74, 6) is -0.742. The average molecular weight is 377 g/mol. The lowest BCUT2D eigenvalue weighted by molar-refractivity contribution is -0.137. The molecule has 1 aliphatic heterocycles. The Kier molecular flexibility index (Phi) is 5.07. The van der Waals surface area contributed by atoms with E-state index >= 15 is 0 Å². The van der Waals surface area contributed by atoms with E-state index in [1.165, 1.54) is 19.1 Å². The molecule has 2 amide bonds. The first-order valence-corrected chi connectivity index (χ1v) is 8.37. The summed E-state index contributed by atoms with van der Waals surface area (Å²) >= 11 is 0. The lowest BCUT2D eigenvalue weighted by Gasteiger charge is -2.20. The fraction of sp³-hybridized carbons (Fsp3) is 0.263. The van der Waals surface area contributed by atoms with Gasteiger partial charge in [0, 0.05) is 30.5 Å². The summed E-state index contributed by atoms with van der Waals surface area (Å²) in [5.41, 5.74) is -0.363. The third kappa shape index (κ3) is 4.21. The Balaban J connectivity index is 1.83. The van der Waals surface area contributed by atoms with E-state index in [-0.39, 0.29) is 17.3 Å². The standard InChI is InChI=1S/C19H18F3N3O2/c1-12(26)23-13-7-8-16(15(11-13)19(20,21)22)24-17-9-10-25(18(17)27)14-5-3-2-4-6-14/h2-8,11,17,24H,9-10H2,1H3,(H,23,26). The van der Waals surface area contributed by atoms with Crippen LogP contribution >= 0.6 is 0 Å². The van der Waals surface area contributed by atoms with Gasteiger partial charge in [0.05, 0.1) is 5.56 Å². The molecule has 2 aromatic carbocycles. The minimum absolute atomic E-state index is 0.0454. The van der Waals surface area contributed by atoms with Crippen molar-refractivity contribution in [3.63, 3.8) is 0 Å². The van der Waals surface area contributed by atoms with Gasteiger partial charge in [0.25, 0.3) is 0 Å². The molecule has 5 nitrogen and oxygen atoms in total. The van der Waals surface area contributed by atoms with E-state index in [1.54, 1.807) is 29.2 Å². The third-order valence-corrected chi connectivity index (χ3v) is 4.25. The monoisotopic (exact) mass is 377 g/mol. The van der Waals surface area contributed by atoms with Crippen molar-refractivity contribution in [1.29, 1.82) is 0 Å². The van der Waals surface area contributed by atoms with E-state index in [4.69, 9.17) is 0 Å². The van der Waals surface area contributed by atoms with Gasteiger partial charge in [-0.3, -0.25) is 9.59 Å². The molecule has 1 fully saturated rings. The van der Waals surface area contributed by atoms with Crippen molar-refractivity contribution < 1.29 is 22.8 Å². The second-order valence-electron chi connectivity index (χ2n) is 6.25. The lowest BCUT2D eigenvalue weighted by Crippen LogP contribution is -2.34. The Labute approximate surface area is 154 Å². The van der Waals surface area contributed by atoms with E-state index in [0.717, 1.165) is 6.07 Å². The van der Waals surface area contributed by atoms with Crippen molar-refractivity contribution in [2.24, 2.45) is 0 Å². The average Bonchev–Trinajstić information content (AvgIpc) is 2.96. The molecular formula is C19H18F3N3O2. The van der Waals surface area contributed by atoms with Gasteiger partial charge in [0.15, 0.2) is 0 Å². The second kappa shape index (κ2) is 7.30. The van der Waals surface area contributed by atoms with Crippen LogP contribution < -0.4 is 15.5 Å². The summed E-state index contributed by atoms with van der Waals surface area (Å²) in [4.78, 5) is 25.3. The van der Waals surface area contributed by atoms with E-state index in [2.05, 4.69) is 10.6 Å². The Morgan fingerprint density at radius 1 is 1.15 bits per heavy atom. The van der Waals surface area contributed by atoms with E-state index < -0.39 is 23.7 Å². The van der Waals surface area contributed by atoms with Crippen molar-refractivity contribution in [2.75, 3.05) is 22.1 Å². The number of hydrogen-bond acceptors (Lipinski definition) is 3. The molecular weight excluding hydrogens is 359 g/mol. The molecule has 27 heavy (non-hydrogen) atoms. The van der Waals surface area contributed by atoms with Crippen LogP contribution in [-0.4, -0.2) is 24.4 Å². The van der Waals surface area contributed by atoms with Gasteiger partial charge >= 0.3 is 6.18 Å². The van der Waals surface area contributed by atoms with Gasteiger partial charge in [-0.1, -0.05) is 18.2 Å². The van der Waals surface area contributed by atoms with Crippen LogP contribution in [0.5, 0.6) is 0 Å². The zero-order valence-electron chi connectivity index (χ0n) is 14.5. The number of rotatable bonds is 4. The van der Waals surface area contributed by atoms with Crippen molar-refractivity contribution in [1.82, 2.24) is 0 Å². The topological polar surface area (TPSA) is 61.4 Å². The Hall–Kier alpha value is -3.03. The fourth-order valence-electron chi connectivity index (χ4n) is 3.05. The summed E-state index contributed by atoms with van der Waals surface area (Å²) in [5, 5.41) is 5.06. The summed E-state index contributed by atoms with van der Waals surface area (Å²) < 4.78 is 40.3. The lowest BCUT2D eigenvalue weighted by atomic mass is 10.1. The number of alkyl halides is 3. The molecule has 2 aromatic rings. The molecule has 3 rings (SSSR count). The van der Waals surface area contributed by atoms with Crippen molar-refractivity contribution in [3.05, 3.63) is 54.1 Å². The zero-order chi connectivity index (χ0) is 19.6. The summed E-state index contributed by atoms with van der Waals surface area (Å²) in [6, 6.07) is 11.7. The number of halogens is 3. The van der Waals surface area contributed by atoms with Gasteiger partial charge in [-0.2, -0.15) is 13.2 Å². The van der Waals surface area contributed by atoms with Crippen LogP contribution in [0.15, 0.2) is 48.5 Å². The second-order valence-corrected chi connectivity index (χ2v) is 6.25. The highest BCUT2D eigenvalue weighted by Crippen LogP contribution is 2.37. The van der Waals surface area contributed by atoms with Crippen LogP contribution in [0.1, 0.15) is 18.9 Å². The van der Waals surface area contributed by atoms with E-state index in [9.17, 15) is 22.8 Å². The van der Waals surface area contributed by atoms with Gasteiger partial charge in [-0.05, 0) is 36.8 Å². The first kappa shape index (κ1) is 18.8. The van der Waals surface area contributed by atoms with Crippen LogP contribution in [0.4, 0.5) is 30.2 Å². The Morgan fingerprint density at radius 2 is 1.85 bits per heavy atom. The molecule has 1 aliphatic rings. The maximum atomic E-state index is 13.4. The molecule has 0 radical (unpaired) electrons. The highest BCUT2D eigenvalue weighted by atomic mass is 19.4. The highest BCUT2D eigenvalue weighted by molar-refractivity contribution is 6.01. The van der Waals surface area contributed by atoms with Gasteiger partial charge in [0.2, 0.25) is 11.8 Å². The number of amides is 2. The van der Waals surface area contributed by atoms with Crippen LogP contribution in [0.3, 0.4) is 0 Å². The van der Waals surface area contributed by atoms with Gasteiger partial charge < -0.3 is 15.5 Å². The predicted molar refractivity (Wildman–Crippen MR) is 96.6 cm³/mol. The molecule has 0 aliphatic carbocycles. The predicted octanol–water partition coefficient (Wildman–Crippen LogP) is 3.88. The number of nitrogens with zero attached hydrogens (tertiary/aromatic N) is 1. The normalized spacial score (nSPS) is 17.1. The molecule has 0 saturated carbocycles.